The number of hydrogen-bond acceptors (Lipinski definition) is 1. The monoisotopic (exact) mass is 329 g/mol. The molecule has 3 rings (SSSR count). The molecule has 0 aliphatic carbocycles. The van der Waals surface area contributed by atoms with Gasteiger partial charge in [0, 0.05) is 12.0 Å². The molecule has 0 heterocycles. The van der Waals surface area contributed by atoms with Crippen LogP contribution in [-0.2, 0) is 0 Å². The van der Waals surface area contributed by atoms with Crippen LogP contribution in [0.15, 0.2) is 91.0 Å². The SMILES string of the molecule is CCC(NCCC(c1ccccc1)c1ccccc1)c1ccccc1. The maximum Gasteiger partial charge on any atom is 0.0317 e. The molecule has 1 atom stereocenters. The van der Waals surface area contributed by atoms with Crippen LogP contribution < -0.4 is 5.32 Å². The second kappa shape index (κ2) is 9.19. The van der Waals surface area contributed by atoms with Gasteiger partial charge in [-0.3, -0.25) is 0 Å². The molecule has 3 aromatic rings. The van der Waals surface area contributed by atoms with Crippen LogP contribution in [0.3, 0.4) is 0 Å². The van der Waals surface area contributed by atoms with Gasteiger partial charge < -0.3 is 5.32 Å². The van der Waals surface area contributed by atoms with Crippen LogP contribution in [0.4, 0.5) is 0 Å². The highest BCUT2D eigenvalue weighted by Gasteiger charge is 2.15. The first kappa shape index (κ1) is 17.4. The molecule has 0 saturated carbocycles. The maximum absolute atomic E-state index is 3.76. The average molecular weight is 329 g/mol. The van der Waals surface area contributed by atoms with Crippen molar-refractivity contribution in [2.45, 2.75) is 31.7 Å². The molecule has 0 aromatic heterocycles. The summed E-state index contributed by atoms with van der Waals surface area (Å²) >= 11 is 0. The lowest BCUT2D eigenvalue weighted by molar-refractivity contribution is 0.499. The molecule has 1 nitrogen and oxygen atoms in total. The first-order valence-electron chi connectivity index (χ1n) is 9.26. The molecule has 3 aromatic carbocycles. The van der Waals surface area contributed by atoms with Gasteiger partial charge in [0.2, 0.25) is 0 Å². The van der Waals surface area contributed by atoms with Gasteiger partial charge in [-0.25, -0.2) is 0 Å². The van der Waals surface area contributed by atoms with Crippen molar-refractivity contribution >= 4 is 0 Å². The summed E-state index contributed by atoms with van der Waals surface area (Å²) < 4.78 is 0. The normalized spacial score (nSPS) is 12.2. The summed E-state index contributed by atoms with van der Waals surface area (Å²) in [5.74, 6) is 0.433. The van der Waals surface area contributed by atoms with Crippen LogP contribution in [0.2, 0.25) is 0 Å². The van der Waals surface area contributed by atoms with E-state index in [1.807, 2.05) is 0 Å². The standard InChI is InChI=1S/C24H27N/c1-2-24(22-16-10-5-11-17-22)25-19-18-23(20-12-6-3-7-13-20)21-14-8-4-9-15-21/h3-17,23-25H,2,18-19H2,1H3. The van der Waals surface area contributed by atoms with Gasteiger partial charge in [-0.15, -0.1) is 0 Å². The second-order valence-corrected chi connectivity index (χ2v) is 6.49. The van der Waals surface area contributed by atoms with Crippen molar-refractivity contribution < 1.29 is 0 Å². The van der Waals surface area contributed by atoms with Crippen LogP contribution in [-0.4, -0.2) is 6.54 Å². The van der Waals surface area contributed by atoms with Crippen LogP contribution in [0.5, 0.6) is 0 Å². The van der Waals surface area contributed by atoms with Gasteiger partial charge in [-0.1, -0.05) is 97.9 Å². The molecular formula is C24H27N. The van der Waals surface area contributed by atoms with E-state index >= 15 is 0 Å². The Morgan fingerprint density at radius 3 is 1.52 bits per heavy atom. The predicted octanol–water partition coefficient (Wildman–Crippen LogP) is 5.95. The minimum Gasteiger partial charge on any atom is -0.310 e. The fraction of sp³-hybridized carbons (Fsp3) is 0.250. The van der Waals surface area contributed by atoms with E-state index in [1.165, 1.54) is 16.7 Å². The highest BCUT2D eigenvalue weighted by atomic mass is 14.9. The van der Waals surface area contributed by atoms with Crippen molar-refractivity contribution in [2.75, 3.05) is 6.54 Å². The van der Waals surface area contributed by atoms with E-state index in [-0.39, 0.29) is 0 Å². The summed E-state index contributed by atoms with van der Waals surface area (Å²) in [6.45, 7) is 3.25. The Labute approximate surface area is 151 Å². The molecule has 0 radical (unpaired) electrons. The summed E-state index contributed by atoms with van der Waals surface area (Å²) in [5, 5.41) is 3.76. The molecule has 0 amide bonds. The summed E-state index contributed by atoms with van der Waals surface area (Å²) in [6, 6.07) is 32.9. The maximum atomic E-state index is 3.76. The van der Waals surface area contributed by atoms with Gasteiger partial charge in [-0.2, -0.15) is 0 Å². The molecule has 0 aliphatic rings. The van der Waals surface area contributed by atoms with Crippen molar-refractivity contribution in [2.24, 2.45) is 0 Å². The fourth-order valence-electron chi connectivity index (χ4n) is 3.48. The Morgan fingerprint density at radius 2 is 1.08 bits per heavy atom. The summed E-state index contributed by atoms with van der Waals surface area (Å²) in [6.07, 6.45) is 2.20. The molecule has 0 saturated heterocycles. The first-order valence-corrected chi connectivity index (χ1v) is 9.26. The minimum atomic E-state index is 0.424. The molecule has 0 bridgehead atoms. The van der Waals surface area contributed by atoms with E-state index in [0.717, 1.165) is 19.4 Å². The highest BCUT2D eigenvalue weighted by molar-refractivity contribution is 5.32. The molecule has 1 unspecified atom stereocenters. The molecule has 128 valence electrons. The minimum absolute atomic E-state index is 0.424. The highest BCUT2D eigenvalue weighted by Crippen LogP contribution is 2.28. The Morgan fingerprint density at radius 1 is 0.640 bits per heavy atom. The third kappa shape index (κ3) is 4.80. The van der Waals surface area contributed by atoms with Gasteiger partial charge >= 0.3 is 0 Å². The average Bonchev–Trinajstić information content (AvgIpc) is 2.70. The molecule has 0 aliphatic heterocycles. The van der Waals surface area contributed by atoms with E-state index in [1.54, 1.807) is 0 Å². The van der Waals surface area contributed by atoms with Crippen molar-refractivity contribution in [3.05, 3.63) is 108 Å². The molecule has 0 spiro atoms. The largest absolute Gasteiger partial charge is 0.310 e. The lowest BCUT2D eigenvalue weighted by Gasteiger charge is -2.22. The predicted molar refractivity (Wildman–Crippen MR) is 107 cm³/mol. The van der Waals surface area contributed by atoms with Crippen LogP contribution >= 0.6 is 0 Å². The molecule has 0 fully saturated rings. The summed E-state index contributed by atoms with van der Waals surface area (Å²) in [4.78, 5) is 0. The van der Waals surface area contributed by atoms with Gasteiger partial charge in [0.15, 0.2) is 0 Å². The van der Waals surface area contributed by atoms with E-state index in [9.17, 15) is 0 Å². The number of benzene rings is 3. The molecule has 1 N–H and O–H groups in total. The third-order valence-corrected chi connectivity index (χ3v) is 4.84. The number of rotatable bonds is 8. The van der Waals surface area contributed by atoms with E-state index < -0.39 is 0 Å². The quantitative estimate of drug-likeness (QED) is 0.538. The third-order valence-electron chi connectivity index (χ3n) is 4.84. The zero-order chi connectivity index (χ0) is 17.3. The summed E-state index contributed by atoms with van der Waals surface area (Å²) in [5.41, 5.74) is 4.16. The van der Waals surface area contributed by atoms with Crippen molar-refractivity contribution in [3.8, 4) is 0 Å². The Balaban J connectivity index is 1.69. The van der Waals surface area contributed by atoms with Gasteiger partial charge in [0.25, 0.3) is 0 Å². The smallest absolute Gasteiger partial charge is 0.0317 e. The molecular weight excluding hydrogens is 302 g/mol. The molecule has 1 heteroatoms. The van der Waals surface area contributed by atoms with Gasteiger partial charge in [0.05, 0.1) is 0 Å². The van der Waals surface area contributed by atoms with E-state index in [0.29, 0.717) is 12.0 Å². The Hall–Kier alpha value is -2.38. The Bertz CT molecular complexity index is 682. The van der Waals surface area contributed by atoms with Crippen LogP contribution in [0, 0.1) is 0 Å². The lowest BCUT2D eigenvalue weighted by Crippen LogP contribution is -2.23. The van der Waals surface area contributed by atoms with Crippen molar-refractivity contribution in [3.63, 3.8) is 0 Å². The Kier molecular flexibility index (Phi) is 6.42. The zero-order valence-electron chi connectivity index (χ0n) is 14.9. The van der Waals surface area contributed by atoms with Crippen LogP contribution in [0.25, 0.3) is 0 Å². The lowest BCUT2D eigenvalue weighted by atomic mass is 9.88. The second-order valence-electron chi connectivity index (χ2n) is 6.49. The van der Waals surface area contributed by atoms with Gasteiger partial charge in [0.1, 0.15) is 0 Å². The van der Waals surface area contributed by atoms with Crippen LogP contribution in [0.1, 0.15) is 48.4 Å². The van der Waals surface area contributed by atoms with Crippen molar-refractivity contribution in [1.82, 2.24) is 5.32 Å². The summed E-state index contributed by atoms with van der Waals surface area (Å²) in [7, 11) is 0. The fourth-order valence-corrected chi connectivity index (χ4v) is 3.48. The van der Waals surface area contributed by atoms with Gasteiger partial charge in [-0.05, 0) is 36.1 Å². The van der Waals surface area contributed by atoms with Crippen molar-refractivity contribution in [1.29, 1.82) is 0 Å². The van der Waals surface area contributed by atoms with E-state index in [4.69, 9.17) is 0 Å². The molecule has 25 heavy (non-hydrogen) atoms. The topological polar surface area (TPSA) is 12.0 Å². The number of hydrogen-bond donors (Lipinski definition) is 1. The number of nitrogens with one attached hydrogen (secondary N) is 1. The first-order chi connectivity index (χ1) is 12.4. The van der Waals surface area contributed by atoms with E-state index in [2.05, 4.69) is 103 Å². The zero-order valence-corrected chi connectivity index (χ0v) is 14.9.